The first-order chi connectivity index (χ1) is 11.9. The summed E-state index contributed by atoms with van der Waals surface area (Å²) in [6, 6.07) is 5.27. The number of amides is 3. The molecule has 2 N–H and O–H groups in total. The van der Waals surface area contributed by atoms with Crippen LogP contribution in [0.25, 0.3) is 6.08 Å². The Labute approximate surface area is 151 Å². The molecule has 0 radical (unpaired) electrons. The molecule has 2 aliphatic heterocycles. The lowest BCUT2D eigenvalue weighted by Gasteiger charge is -2.18. The van der Waals surface area contributed by atoms with Crippen molar-refractivity contribution < 1.29 is 23.9 Å². The lowest BCUT2D eigenvalue weighted by atomic mass is 10.2. The largest absolute Gasteiger partial charge is 0.390 e. The highest BCUT2D eigenvalue weighted by atomic mass is 32.2. The smallest absolute Gasteiger partial charge is 0.294 e. The zero-order chi connectivity index (χ0) is 18.0. The van der Waals surface area contributed by atoms with Crippen molar-refractivity contribution in [2.45, 2.75) is 12.1 Å². The van der Waals surface area contributed by atoms with Crippen LogP contribution < -0.4 is 5.32 Å². The molecule has 2 unspecified atom stereocenters. The van der Waals surface area contributed by atoms with Crippen LogP contribution in [-0.4, -0.2) is 57.3 Å². The van der Waals surface area contributed by atoms with Crippen molar-refractivity contribution in [2.24, 2.45) is 0 Å². The summed E-state index contributed by atoms with van der Waals surface area (Å²) in [5.41, 5.74) is 0.459. The number of carbonyl (C=O) groups is 3. The van der Waals surface area contributed by atoms with E-state index in [4.69, 9.17) is 0 Å². The number of hydrogen-bond acceptors (Lipinski definition) is 6. The van der Waals surface area contributed by atoms with Gasteiger partial charge in [0.25, 0.3) is 11.1 Å². The molecular formula is C16H15FN2O4S2. The number of halogens is 1. The molecule has 2 saturated heterocycles. The van der Waals surface area contributed by atoms with Crippen LogP contribution in [0.2, 0.25) is 0 Å². The Kier molecular flexibility index (Phi) is 5.45. The number of benzene rings is 1. The van der Waals surface area contributed by atoms with Gasteiger partial charge in [-0.05, 0) is 35.5 Å². The molecule has 9 heteroatoms. The van der Waals surface area contributed by atoms with Crippen LogP contribution in [0, 0.1) is 5.82 Å². The molecule has 3 rings (SSSR count). The van der Waals surface area contributed by atoms with Gasteiger partial charge in [0, 0.05) is 11.5 Å². The van der Waals surface area contributed by atoms with Crippen LogP contribution >= 0.6 is 23.5 Å². The van der Waals surface area contributed by atoms with Gasteiger partial charge in [0.05, 0.1) is 17.1 Å². The summed E-state index contributed by atoms with van der Waals surface area (Å²) in [7, 11) is 0. The first-order valence-electron chi connectivity index (χ1n) is 7.50. The molecule has 2 heterocycles. The molecule has 1 aromatic rings. The number of nitrogens with one attached hydrogen (secondary N) is 1. The van der Waals surface area contributed by atoms with E-state index >= 15 is 0 Å². The lowest BCUT2D eigenvalue weighted by Crippen LogP contribution is -2.47. The summed E-state index contributed by atoms with van der Waals surface area (Å²) >= 11 is 2.23. The Bertz CT molecular complexity index is 755. The van der Waals surface area contributed by atoms with Gasteiger partial charge in [-0.25, -0.2) is 4.39 Å². The number of rotatable bonds is 4. The summed E-state index contributed by atoms with van der Waals surface area (Å²) in [6.45, 7) is -0.404. The molecule has 2 fully saturated rings. The SMILES string of the molecule is O=C(CN1C(=O)SC(=Cc2cccc(F)c2)C1=O)NC1CSCC1O. The Hall–Kier alpha value is -1.84. The fourth-order valence-electron chi connectivity index (χ4n) is 2.46. The third-order valence-corrected chi connectivity index (χ3v) is 5.80. The fraction of sp³-hybridized carbons (Fsp3) is 0.312. The van der Waals surface area contributed by atoms with Crippen molar-refractivity contribution in [3.63, 3.8) is 0 Å². The molecule has 132 valence electrons. The summed E-state index contributed by atoms with van der Waals surface area (Å²) < 4.78 is 13.2. The lowest BCUT2D eigenvalue weighted by molar-refractivity contribution is -0.129. The highest BCUT2D eigenvalue weighted by Crippen LogP contribution is 2.32. The molecule has 1 aromatic carbocycles. The third kappa shape index (κ3) is 4.23. The molecule has 3 amide bonds. The maximum atomic E-state index is 13.2. The van der Waals surface area contributed by atoms with E-state index in [1.54, 1.807) is 6.07 Å². The van der Waals surface area contributed by atoms with Gasteiger partial charge in [0.15, 0.2) is 0 Å². The summed E-state index contributed by atoms with van der Waals surface area (Å²) in [4.78, 5) is 37.4. The molecule has 0 saturated carbocycles. The number of nitrogens with zero attached hydrogens (tertiary/aromatic N) is 1. The zero-order valence-electron chi connectivity index (χ0n) is 13.0. The summed E-state index contributed by atoms with van der Waals surface area (Å²) in [6.07, 6.45) is 0.792. The second-order valence-corrected chi connectivity index (χ2v) is 7.67. The Morgan fingerprint density at radius 1 is 1.40 bits per heavy atom. The zero-order valence-corrected chi connectivity index (χ0v) is 14.6. The highest BCUT2D eigenvalue weighted by molar-refractivity contribution is 8.18. The second-order valence-electron chi connectivity index (χ2n) is 5.60. The Morgan fingerprint density at radius 2 is 2.20 bits per heavy atom. The number of hydrogen-bond donors (Lipinski definition) is 2. The van der Waals surface area contributed by atoms with Crippen molar-refractivity contribution in [3.8, 4) is 0 Å². The second kappa shape index (κ2) is 7.59. The van der Waals surface area contributed by atoms with Gasteiger partial charge in [-0.2, -0.15) is 11.8 Å². The van der Waals surface area contributed by atoms with Crippen LogP contribution in [0.15, 0.2) is 29.2 Å². The van der Waals surface area contributed by atoms with Crippen LogP contribution in [0.3, 0.4) is 0 Å². The van der Waals surface area contributed by atoms with Crippen molar-refractivity contribution in [3.05, 3.63) is 40.6 Å². The molecule has 6 nitrogen and oxygen atoms in total. The minimum atomic E-state index is -0.628. The normalized spacial score (nSPS) is 25.0. The van der Waals surface area contributed by atoms with E-state index < -0.39 is 35.5 Å². The average Bonchev–Trinajstić information content (AvgIpc) is 3.06. The quantitative estimate of drug-likeness (QED) is 0.767. The predicted molar refractivity (Wildman–Crippen MR) is 94.3 cm³/mol. The molecule has 0 bridgehead atoms. The highest BCUT2D eigenvalue weighted by Gasteiger charge is 2.37. The van der Waals surface area contributed by atoms with Gasteiger partial charge in [0.1, 0.15) is 12.4 Å². The third-order valence-electron chi connectivity index (χ3n) is 3.72. The van der Waals surface area contributed by atoms with Crippen molar-refractivity contribution in [1.29, 1.82) is 0 Å². The van der Waals surface area contributed by atoms with Gasteiger partial charge >= 0.3 is 0 Å². The fourth-order valence-corrected chi connectivity index (χ4v) is 4.47. The van der Waals surface area contributed by atoms with Crippen LogP contribution in [-0.2, 0) is 9.59 Å². The molecule has 0 aliphatic carbocycles. The first kappa shape index (κ1) is 18.0. The van der Waals surface area contributed by atoms with Crippen molar-refractivity contribution in [2.75, 3.05) is 18.1 Å². The van der Waals surface area contributed by atoms with E-state index in [1.165, 1.54) is 36.0 Å². The monoisotopic (exact) mass is 382 g/mol. The molecule has 25 heavy (non-hydrogen) atoms. The maximum Gasteiger partial charge on any atom is 0.294 e. The van der Waals surface area contributed by atoms with Gasteiger partial charge in [-0.15, -0.1) is 0 Å². The number of aliphatic hydroxyl groups excluding tert-OH is 1. The van der Waals surface area contributed by atoms with Crippen LogP contribution in [0.4, 0.5) is 9.18 Å². The topological polar surface area (TPSA) is 86.7 Å². The number of carbonyl (C=O) groups excluding carboxylic acids is 3. The molecule has 2 atom stereocenters. The molecule has 2 aliphatic rings. The maximum absolute atomic E-state index is 13.2. The first-order valence-corrected chi connectivity index (χ1v) is 9.47. The molecular weight excluding hydrogens is 367 g/mol. The van der Waals surface area contributed by atoms with E-state index in [0.717, 1.165) is 4.90 Å². The Morgan fingerprint density at radius 3 is 2.88 bits per heavy atom. The van der Waals surface area contributed by atoms with Gasteiger partial charge in [-0.3, -0.25) is 19.3 Å². The average molecular weight is 382 g/mol. The van der Waals surface area contributed by atoms with E-state index in [0.29, 0.717) is 28.8 Å². The molecule has 0 spiro atoms. The summed E-state index contributed by atoms with van der Waals surface area (Å²) in [5.74, 6) is -0.395. The standard InChI is InChI=1S/C16H15FN2O4S2/c17-10-3-1-2-9(4-10)5-13-15(22)19(16(23)25-13)6-14(21)18-11-7-24-8-12(11)20/h1-5,11-12,20H,6-8H2,(H,18,21). The van der Waals surface area contributed by atoms with E-state index in [-0.39, 0.29) is 10.9 Å². The van der Waals surface area contributed by atoms with Crippen LogP contribution in [0.1, 0.15) is 5.56 Å². The molecule has 0 aromatic heterocycles. The number of thioether (sulfide) groups is 2. The van der Waals surface area contributed by atoms with E-state index in [1.807, 2.05) is 0 Å². The summed E-state index contributed by atoms with van der Waals surface area (Å²) in [5, 5.41) is 11.8. The number of imide groups is 1. The minimum absolute atomic E-state index is 0.139. The minimum Gasteiger partial charge on any atom is -0.390 e. The van der Waals surface area contributed by atoms with Crippen molar-refractivity contribution in [1.82, 2.24) is 10.2 Å². The van der Waals surface area contributed by atoms with Crippen LogP contribution in [0.5, 0.6) is 0 Å². The van der Waals surface area contributed by atoms with E-state index in [2.05, 4.69) is 5.32 Å². The van der Waals surface area contributed by atoms with Gasteiger partial charge < -0.3 is 10.4 Å². The van der Waals surface area contributed by atoms with Gasteiger partial charge in [0.2, 0.25) is 5.91 Å². The van der Waals surface area contributed by atoms with Gasteiger partial charge in [-0.1, -0.05) is 12.1 Å². The Balaban J connectivity index is 1.66. The predicted octanol–water partition coefficient (Wildman–Crippen LogP) is 1.45. The van der Waals surface area contributed by atoms with Crippen molar-refractivity contribution >= 4 is 46.7 Å². The number of aliphatic hydroxyl groups is 1. The van der Waals surface area contributed by atoms with E-state index in [9.17, 15) is 23.9 Å².